The lowest BCUT2D eigenvalue weighted by Gasteiger charge is -2.33. The highest BCUT2D eigenvalue weighted by Crippen LogP contribution is 2.36. The normalized spacial score (nSPS) is 27.3. The van der Waals surface area contributed by atoms with Crippen molar-refractivity contribution in [1.29, 1.82) is 0 Å². The van der Waals surface area contributed by atoms with Crippen LogP contribution >= 0.6 is 0 Å². The van der Waals surface area contributed by atoms with Crippen molar-refractivity contribution in [2.75, 3.05) is 6.61 Å². The summed E-state index contributed by atoms with van der Waals surface area (Å²) in [4.78, 5) is 23.3. The molecule has 1 atom stereocenters. The van der Waals surface area contributed by atoms with Gasteiger partial charge in [0.25, 0.3) is 0 Å². The summed E-state index contributed by atoms with van der Waals surface area (Å²) in [5, 5.41) is 2.77. The van der Waals surface area contributed by atoms with E-state index in [1.807, 2.05) is 0 Å². The van der Waals surface area contributed by atoms with Crippen LogP contribution in [0.2, 0.25) is 0 Å². The van der Waals surface area contributed by atoms with E-state index in [0.29, 0.717) is 12.5 Å². The molecule has 1 unspecified atom stereocenters. The number of amides is 1. The topological polar surface area (TPSA) is 55.4 Å². The molecule has 0 heterocycles. The van der Waals surface area contributed by atoms with Gasteiger partial charge in [-0.25, -0.2) is 4.79 Å². The van der Waals surface area contributed by atoms with Gasteiger partial charge in [0.05, 0.1) is 5.41 Å². The van der Waals surface area contributed by atoms with Crippen molar-refractivity contribution in [3.05, 3.63) is 11.6 Å². The first-order valence-electron chi connectivity index (χ1n) is 6.62. The van der Waals surface area contributed by atoms with Gasteiger partial charge in [-0.05, 0) is 46.0 Å². The van der Waals surface area contributed by atoms with Gasteiger partial charge in [0.2, 0.25) is 0 Å². The second kappa shape index (κ2) is 5.12. The van der Waals surface area contributed by atoms with Gasteiger partial charge in [-0.3, -0.25) is 4.79 Å². The lowest BCUT2D eigenvalue weighted by atomic mass is 9.73. The van der Waals surface area contributed by atoms with Crippen molar-refractivity contribution in [1.82, 2.24) is 5.32 Å². The molecule has 0 saturated heterocycles. The Hall–Kier alpha value is -1.32. The van der Waals surface area contributed by atoms with Crippen molar-refractivity contribution < 1.29 is 14.3 Å². The first kappa shape index (κ1) is 13.1. The van der Waals surface area contributed by atoms with Crippen LogP contribution in [0.1, 0.15) is 46.0 Å². The third-order valence-electron chi connectivity index (χ3n) is 3.96. The van der Waals surface area contributed by atoms with E-state index in [1.165, 1.54) is 5.57 Å². The third-order valence-corrected chi connectivity index (χ3v) is 3.96. The van der Waals surface area contributed by atoms with Gasteiger partial charge in [0, 0.05) is 6.04 Å². The smallest absolute Gasteiger partial charge is 0.407 e. The Morgan fingerprint density at radius 3 is 2.72 bits per heavy atom. The number of rotatable bonds is 4. The summed E-state index contributed by atoms with van der Waals surface area (Å²) in [6, 6.07) is 0.291. The van der Waals surface area contributed by atoms with Crippen molar-refractivity contribution in [2.45, 2.75) is 52.0 Å². The maximum Gasteiger partial charge on any atom is 0.407 e. The average Bonchev–Trinajstić information content (AvgIpc) is 3.12. The summed E-state index contributed by atoms with van der Waals surface area (Å²) in [5.41, 5.74) is 0.815. The van der Waals surface area contributed by atoms with Crippen LogP contribution < -0.4 is 5.32 Å². The lowest BCUT2D eigenvalue weighted by molar-refractivity contribution is -0.129. The highest BCUT2D eigenvalue weighted by atomic mass is 16.5. The van der Waals surface area contributed by atoms with Crippen LogP contribution in [-0.4, -0.2) is 24.5 Å². The predicted octanol–water partition coefficient (Wildman–Crippen LogP) is 2.58. The van der Waals surface area contributed by atoms with E-state index >= 15 is 0 Å². The molecular formula is C14H21NO3. The molecule has 2 aliphatic rings. The van der Waals surface area contributed by atoms with Crippen LogP contribution in [0.5, 0.6) is 0 Å². The van der Waals surface area contributed by atoms with Crippen LogP contribution in [-0.2, 0) is 9.53 Å². The molecule has 0 aromatic rings. The fourth-order valence-electron chi connectivity index (χ4n) is 2.20. The van der Waals surface area contributed by atoms with E-state index in [9.17, 15) is 9.59 Å². The number of carbonyl (C=O) groups is 2. The Balaban J connectivity index is 1.90. The standard InChI is InChI=1S/C14H21NO3/c1-10-5-7-14(8-6-10,11(2)16)9-18-13(17)15-12-3-4-12/h5,12H,3-4,6-9H2,1-2H3,(H,15,17). The molecule has 0 aliphatic heterocycles. The van der Waals surface area contributed by atoms with Crippen molar-refractivity contribution >= 4 is 11.9 Å². The summed E-state index contributed by atoms with van der Waals surface area (Å²) in [7, 11) is 0. The molecule has 0 bridgehead atoms. The van der Waals surface area contributed by atoms with E-state index < -0.39 is 5.41 Å². The molecule has 100 valence electrons. The Bertz CT molecular complexity index is 385. The fraction of sp³-hybridized carbons (Fsp3) is 0.714. The van der Waals surface area contributed by atoms with Gasteiger partial charge in [-0.1, -0.05) is 11.6 Å². The number of ether oxygens (including phenoxy) is 1. The monoisotopic (exact) mass is 251 g/mol. The van der Waals surface area contributed by atoms with Crippen LogP contribution in [0.25, 0.3) is 0 Å². The molecule has 1 saturated carbocycles. The highest BCUT2D eigenvalue weighted by molar-refractivity contribution is 5.83. The Morgan fingerprint density at radius 1 is 1.50 bits per heavy atom. The van der Waals surface area contributed by atoms with E-state index in [-0.39, 0.29) is 18.5 Å². The highest BCUT2D eigenvalue weighted by Gasteiger charge is 2.38. The fourth-order valence-corrected chi connectivity index (χ4v) is 2.20. The second-order valence-electron chi connectivity index (χ2n) is 5.59. The summed E-state index contributed by atoms with van der Waals surface area (Å²) in [6.45, 7) is 3.87. The third kappa shape index (κ3) is 3.12. The average molecular weight is 251 g/mol. The van der Waals surface area contributed by atoms with Crippen molar-refractivity contribution in [2.24, 2.45) is 5.41 Å². The summed E-state index contributed by atoms with van der Waals surface area (Å²) in [6.07, 6.45) is 6.15. The molecule has 2 rings (SSSR count). The lowest BCUT2D eigenvalue weighted by Crippen LogP contribution is -2.38. The number of hydrogen-bond donors (Lipinski definition) is 1. The minimum Gasteiger partial charge on any atom is -0.448 e. The zero-order chi connectivity index (χ0) is 13.2. The van der Waals surface area contributed by atoms with E-state index in [2.05, 4.69) is 18.3 Å². The quantitative estimate of drug-likeness (QED) is 0.781. The molecule has 0 aromatic heterocycles. The van der Waals surface area contributed by atoms with Gasteiger partial charge in [-0.2, -0.15) is 0 Å². The van der Waals surface area contributed by atoms with Crippen LogP contribution in [0.3, 0.4) is 0 Å². The first-order chi connectivity index (χ1) is 8.52. The van der Waals surface area contributed by atoms with Crippen LogP contribution in [0.4, 0.5) is 4.79 Å². The zero-order valence-electron chi connectivity index (χ0n) is 11.1. The Labute approximate surface area is 108 Å². The van der Waals surface area contributed by atoms with Crippen LogP contribution in [0.15, 0.2) is 11.6 Å². The molecule has 4 heteroatoms. The van der Waals surface area contributed by atoms with Gasteiger partial charge >= 0.3 is 6.09 Å². The van der Waals surface area contributed by atoms with Gasteiger partial charge in [0.1, 0.15) is 12.4 Å². The van der Waals surface area contributed by atoms with Crippen molar-refractivity contribution in [3.8, 4) is 0 Å². The maximum absolute atomic E-state index is 11.8. The summed E-state index contributed by atoms with van der Waals surface area (Å²) in [5.74, 6) is 0.116. The van der Waals surface area contributed by atoms with Gasteiger partial charge in [0.15, 0.2) is 0 Å². The zero-order valence-corrected chi connectivity index (χ0v) is 11.1. The minimum atomic E-state index is -0.500. The molecule has 4 nitrogen and oxygen atoms in total. The summed E-state index contributed by atoms with van der Waals surface area (Å²) < 4.78 is 5.23. The molecule has 2 aliphatic carbocycles. The minimum absolute atomic E-state index is 0.116. The SMILES string of the molecule is CC(=O)C1(COC(=O)NC2CC2)CC=C(C)CC1. The second-order valence-corrected chi connectivity index (χ2v) is 5.59. The largest absolute Gasteiger partial charge is 0.448 e. The number of allylic oxidation sites excluding steroid dienone is 2. The molecular weight excluding hydrogens is 230 g/mol. The number of nitrogens with one attached hydrogen (secondary N) is 1. The molecule has 0 spiro atoms. The number of ketones is 1. The van der Waals surface area contributed by atoms with E-state index in [0.717, 1.165) is 25.7 Å². The number of carbonyl (C=O) groups excluding carboxylic acids is 2. The number of hydrogen-bond acceptors (Lipinski definition) is 3. The molecule has 0 radical (unpaired) electrons. The van der Waals surface area contributed by atoms with E-state index in [1.54, 1.807) is 6.92 Å². The predicted molar refractivity (Wildman–Crippen MR) is 68.2 cm³/mol. The van der Waals surface area contributed by atoms with Crippen LogP contribution in [0, 0.1) is 5.41 Å². The molecule has 1 N–H and O–H groups in total. The van der Waals surface area contributed by atoms with Crippen molar-refractivity contribution in [3.63, 3.8) is 0 Å². The van der Waals surface area contributed by atoms with E-state index in [4.69, 9.17) is 4.74 Å². The molecule has 18 heavy (non-hydrogen) atoms. The molecule has 1 fully saturated rings. The molecule has 0 aromatic carbocycles. The number of alkyl carbamates (subject to hydrolysis) is 1. The van der Waals surface area contributed by atoms with Gasteiger partial charge in [-0.15, -0.1) is 0 Å². The Kier molecular flexibility index (Phi) is 3.73. The Morgan fingerprint density at radius 2 is 2.22 bits per heavy atom. The maximum atomic E-state index is 11.8. The first-order valence-corrected chi connectivity index (χ1v) is 6.62. The number of Topliss-reactive ketones (excluding diaryl/α,β-unsaturated/α-hetero) is 1. The van der Waals surface area contributed by atoms with Gasteiger partial charge < -0.3 is 10.1 Å². The molecule has 1 amide bonds. The summed E-state index contributed by atoms with van der Waals surface area (Å²) >= 11 is 0.